The van der Waals surface area contributed by atoms with E-state index in [2.05, 4.69) is 21.4 Å². The highest BCUT2D eigenvalue weighted by Crippen LogP contribution is 2.46. The van der Waals surface area contributed by atoms with E-state index in [0.717, 1.165) is 6.20 Å². The number of hydrogen-bond acceptors (Lipinski definition) is 4. The number of methoxy groups -OCH3 is 1. The number of hydrogen-bond donors (Lipinski definition) is 1. The Morgan fingerprint density at radius 2 is 2.05 bits per heavy atom. The Morgan fingerprint density at radius 1 is 1.33 bits per heavy atom. The van der Waals surface area contributed by atoms with E-state index in [0.29, 0.717) is 17.8 Å². The Morgan fingerprint density at radius 3 is 2.76 bits per heavy atom. The predicted octanol–water partition coefficient (Wildman–Crippen LogP) is 3.65. The van der Waals surface area contributed by atoms with Gasteiger partial charge in [0.25, 0.3) is 0 Å². The number of aromatic nitrogens is 2. The highest BCUT2D eigenvalue weighted by Gasteiger charge is 2.42. The number of nitrogens with one attached hydrogen (secondary N) is 1. The zero-order valence-electron chi connectivity index (χ0n) is 11.9. The first-order valence-corrected chi connectivity index (χ1v) is 7.71. The molecule has 0 saturated heterocycles. The lowest BCUT2D eigenvalue weighted by Gasteiger charge is -2.48. The van der Waals surface area contributed by atoms with E-state index in [9.17, 15) is 4.39 Å². The Balaban J connectivity index is 1.84. The van der Waals surface area contributed by atoms with E-state index in [4.69, 9.17) is 16.3 Å². The molecule has 0 spiro atoms. The largest absolute Gasteiger partial charge is 0.505 e. The lowest BCUT2D eigenvalue weighted by atomic mass is 9.61. The average molecular weight is 312 g/mol. The fraction of sp³-hybridized carbons (Fsp3) is 0.600. The summed E-state index contributed by atoms with van der Waals surface area (Å²) >= 11 is 5.77. The van der Waals surface area contributed by atoms with Gasteiger partial charge in [0.15, 0.2) is 11.6 Å². The van der Waals surface area contributed by atoms with Gasteiger partial charge >= 0.3 is 0 Å². The third kappa shape index (κ3) is 2.98. The van der Waals surface area contributed by atoms with Crippen molar-refractivity contribution in [1.29, 1.82) is 0 Å². The normalized spacial score (nSPS) is 31.6. The van der Waals surface area contributed by atoms with Gasteiger partial charge in [-0.15, -0.1) is 0 Å². The molecule has 1 N–H and O–H groups in total. The van der Waals surface area contributed by atoms with Crippen molar-refractivity contribution in [2.45, 2.75) is 31.7 Å². The van der Waals surface area contributed by atoms with Crippen LogP contribution in [0, 0.1) is 23.6 Å². The Bertz CT molecular complexity index is 532. The smallest absolute Gasteiger partial charge is 0.224 e. The van der Waals surface area contributed by atoms with Gasteiger partial charge in [0.1, 0.15) is 0 Å². The van der Waals surface area contributed by atoms with Crippen LogP contribution in [0.2, 0.25) is 5.28 Å². The first kappa shape index (κ1) is 14.6. The summed E-state index contributed by atoms with van der Waals surface area (Å²) in [5, 5.41) is 3.32. The lowest BCUT2D eigenvalue weighted by molar-refractivity contribution is 0.107. The Hall–Kier alpha value is -1.36. The molecule has 3 aliphatic rings. The maximum atomic E-state index is 13.9. The van der Waals surface area contributed by atoms with Crippen LogP contribution in [0.3, 0.4) is 0 Å². The first-order chi connectivity index (χ1) is 10.2. The summed E-state index contributed by atoms with van der Waals surface area (Å²) in [7, 11) is 1.64. The highest BCUT2D eigenvalue weighted by atomic mass is 35.5. The molecule has 3 saturated carbocycles. The predicted molar refractivity (Wildman–Crippen MR) is 79.5 cm³/mol. The minimum absolute atomic E-state index is 0.0591. The molecule has 0 aliphatic heterocycles. The molecule has 2 atom stereocenters. The molecule has 114 valence electrons. The molecule has 4 nitrogen and oxygen atoms in total. The van der Waals surface area contributed by atoms with Gasteiger partial charge in [0, 0.05) is 12.0 Å². The molecule has 0 amide bonds. The minimum atomic E-state index is -0.463. The molecule has 21 heavy (non-hydrogen) atoms. The molecule has 0 radical (unpaired) electrons. The van der Waals surface area contributed by atoms with Gasteiger partial charge in [0.05, 0.1) is 19.6 Å². The standard InChI is InChI=1S/C15H19ClFN3O/c1-21-7-6-11-9-2-4-10(5-3-9)13(11)19-14-12(17)8-18-15(16)20-14/h6-11,13H,2-5H2,1H3,(H,18,19,20)/b7-6+/t9?,10?,11-,13-/m0/s1. The molecule has 2 bridgehead atoms. The van der Waals surface area contributed by atoms with Crippen molar-refractivity contribution < 1.29 is 9.13 Å². The van der Waals surface area contributed by atoms with E-state index < -0.39 is 5.82 Å². The van der Waals surface area contributed by atoms with Crippen LogP contribution in [-0.4, -0.2) is 23.1 Å². The van der Waals surface area contributed by atoms with Crippen molar-refractivity contribution in [3.05, 3.63) is 29.6 Å². The van der Waals surface area contributed by atoms with Crippen LogP contribution in [0.25, 0.3) is 0 Å². The molecule has 3 aliphatic carbocycles. The van der Waals surface area contributed by atoms with Crippen LogP contribution in [0.1, 0.15) is 25.7 Å². The second kappa shape index (κ2) is 6.18. The zero-order valence-corrected chi connectivity index (χ0v) is 12.7. The Labute approximate surface area is 128 Å². The molecule has 1 aromatic heterocycles. The van der Waals surface area contributed by atoms with Gasteiger partial charge in [-0.25, -0.2) is 9.37 Å². The Kier molecular flexibility index (Phi) is 4.29. The van der Waals surface area contributed by atoms with E-state index in [1.165, 1.54) is 25.7 Å². The van der Waals surface area contributed by atoms with Crippen LogP contribution in [-0.2, 0) is 4.74 Å². The van der Waals surface area contributed by atoms with Crippen LogP contribution >= 0.6 is 11.6 Å². The molecule has 3 fully saturated rings. The number of rotatable bonds is 4. The molecular weight excluding hydrogens is 293 g/mol. The molecular formula is C15H19ClFN3O. The molecule has 1 heterocycles. The summed E-state index contributed by atoms with van der Waals surface area (Å²) in [6.45, 7) is 0. The molecule has 6 heteroatoms. The van der Waals surface area contributed by atoms with Gasteiger partial charge in [-0.3, -0.25) is 0 Å². The summed E-state index contributed by atoms with van der Waals surface area (Å²) in [5.74, 6) is 1.23. The minimum Gasteiger partial charge on any atom is -0.505 e. The summed E-state index contributed by atoms with van der Waals surface area (Å²) in [6, 6.07) is 0.171. The first-order valence-electron chi connectivity index (χ1n) is 7.33. The third-order valence-electron chi connectivity index (χ3n) is 4.74. The van der Waals surface area contributed by atoms with E-state index in [1.54, 1.807) is 13.4 Å². The summed E-state index contributed by atoms with van der Waals surface area (Å²) in [6.07, 6.45) is 9.75. The van der Waals surface area contributed by atoms with Gasteiger partial charge in [-0.05, 0) is 55.2 Å². The van der Waals surface area contributed by atoms with Gasteiger partial charge < -0.3 is 10.1 Å². The second-order valence-corrected chi connectivity index (χ2v) is 6.16. The van der Waals surface area contributed by atoms with Crippen molar-refractivity contribution in [2.24, 2.45) is 17.8 Å². The molecule has 4 rings (SSSR count). The monoisotopic (exact) mass is 311 g/mol. The number of fused-ring (bicyclic) bond motifs is 3. The maximum absolute atomic E-state index is 13.9. The summed E-state index contributed by atoms with van der Waals surface area (Å²) in [4.78, 5) is 7.63. The van der Waals surface area contributed by atoms with Crippen molar-refractivity contribution in [2.75, 3.05) is 12.4 Å². The van der Waals surface area contributed by atoms with E-state index in [-0.39, 0.29) is 17.1 Å². The fourth-order valence-electron chi connectivity index (χ4n) is 3.76. The number of halogens is 2. The quantitative estimate of drug-likeness (QED) is 0.681. The highest BCUT2D eigenvalue weighted by molar-refractivity contribution is 6.28. The summed E-state index contributed by atoms with van der Waals surface area (Å²) < 4.78 is 18.9. The van der Waals surface area contributed by atoms with E-state index >= 15 is 0 Å². The molecule has 1 aromatic rings. The lowest BCUT2D eigenvalue weighted by Crippen LogP contribution is -2.47. The van der Waals surface area contributed by atoms with Crippen LogP contribution in [0.4, 0.5) is 10.2 Å². The average Bonchev–Trinajstić information content (AvgIpc) is 2.51. The van der Waals surface area contributed by atoms with Crippen molar-refractivity contribution >= 4 is 17.4 Å². The van der Waals surface area contributed by atoms with Crippen molar-refractivity contribution in [3.63, 3.8) is 0 Å². The van der Waals surface area contributed by atoms with Gasteiger partial charge in [-0.1, -0.05) is 0 Å². The van der Waals surface area contributed by atoms with E-state index in [1.807, 2.05) is 0 Å². The van der Waals surface area contributed by atoms with Crippen LogP contribution in [0.5, 0.6) is 0 Å². The summed E-state index contributed by atoms with van der Waals surface area (Å²) in [5.41, 5.74) is 0. The number of anilines is 1. The molecule has 0 aromatic carbocycles. The fourth-order valence-corrected chi connectivity index (χ4v) is 3.89. The topological polar surface area (TPSA) is 47.0 Å². The second-order valence-electron chi connectivity index (χ2n) is 5.82. The van der Waals surface area contributed by atoms with Gasteiger partial charge in [0.2, 0.25) is 5.28 Å². The zero-order chi connectivity index (χ0) is 14.8. The van der Waals surface area contributed by atoms with Crippen LogP contribution in [0.15, 0.2) is 18.5 Å². The van der Waals surface area contributed by atoms with Gasteiger partial charge in [-0.2, -0.15) is 4.98 Å². The molecule has 0 unspecified atom stereocenters. The third-order valence-corrected chi connectivity index (χ3v) is 4.92. The maximum Gasteiger partial charge on any atom is 0.224 e. The van der Waals surface area contributed by atoms with Crippen LogP contribution < -0.4 is 5.32 Å². The number of nitrogens with zero attached hydrogens (tertiary/aromatic N) is 2. The van der Waals surface area contributed by atoms with Crippen molar-refractivity contribution in [1.82, 2.24) is 9.97 Å². The number of ether oxygens (including phenoxy) is 1. The SMILES string of the molecule is CO/C=C/[C@H]1C2CCC(CC2)[C@@H]1Nc1nc(Cl)ncc1F. The van der Waals surface area contributed by atoms with Crippen molar-refractivity contribution in [3.8, 4) is 0 Å².